The van der Waals surface area contributed by atoms with Crippen molar-refractivity contribution in [1.82, 2.24) is 20.1 Å². The molecule has 0 radical (unpaired) electrons. The van der Waals surface area contributed by atoms with E-state index in [0.717, 1.165) is 50.2 Å². The summed E-state index contributed by atoms with van der Waals surface area (Å²) in [6.07, 6.45) is 1.19. The van der Waals surface area contributed by atoms with E-state index in [-0.39, 0.29) is 30.9 Å². The van der Waals surface area contributed by atoms with E-state index in [0.29, 0.717) is 53.5 Å². The maximum atomic E-state index is 14.9. The second-order valence-corrected chi connectivity index (χ2v) is 16.9. The van der Waals surface area contributed by atoms with Crippen LogP contribution in [0.5, 0.6) is 34.5 Å². The van der Waals surface area contributed by atoms with Crippen molar-refractivity contribution in [2.24, 2.45) is 0 Å². The number of methoxy groups -OCH3 is 2. The Morgan fingerprint density at radius 2 is 1.89 bits per heavy atom. The highest BCUT2D eigenvalue weighted by Gasteiger charge is 2.62. The predicted molar refractivity (Wildman–Crippen MR) is 208 cm³/mol. The highest BCUT2D eigenvalue weighted by atomic mass is 32.2. The minimum Gasteiger partial charge on any atom is -0.504 e. The smallest absolute Gasteiger partial charge is 0.333 e. The summed E-state index contributed by atoms with van der Waals surface area (Å²) in [6, 6.07) is 7.96. The van der Waals surface area contributed by atoms with Gasteiger partial charge in [-0.15, -0.1) is 11.8 Å². The number of ether oxygens (including phenoxy) is 6. The summed E-state index contributed by atoms with van der Waals surface area (Å²) < 4.78 is 36.4. The number of thioether (sulfide) groups is 1. The molecular weight excluding hydrogens is 751 g/mol. The lowest BCUT2D eigenvalue weighted by atomic mass is 9.71. The number of phenols is 1. The molecule has 2 saturated heterocycles. The Morgan fingerprint density at radius 1 is 1.09 bits per heavy atom. The Hall–Kier alpha value is -5.14. The summed E-state index contributed by atoms with van der Waals surface area (Å²) in [5.41, 5.74) is 5.85. The number of piperazine rings is 1. The molecule has 3 N–H and O–H groups in total. The van der Waals surface area contributed by atoms with E-state index in [4.69, 9.17) is 28.4 Å². The van der Waals surface area contributed by atoms with Gasteiger partial charge in [0.05, 0.1) is 43.3 Å². The number of hydrogen-bond donors (Lipinski definition) is 3. The highest BCUT2D eigenvalue weighted by Crippen LogP contribution is 2.64. The molecule has 0 unspecified atom stereocenters. The van der Waals surface area contributed by atoms with Crippen LogP contribution in [-0.2, 0) is 32.7 Å². The van der Waals surface area contributed by atoms with Crippen molar-refractivity contribution in [2.45, 2.75) is 74.6 Å². The van der Waals surface area contributed by atoms with Gasteiger partial charge in [-0.05, 0) is 68.6 Å². The molecule has 57 heavy (non-hydrogen) atoms. The molecule has 3 aromatic carbocycles. The number of aryl methyl sites for hydroxylation is 1. The normalized spacial score (nSPS) is 28.5. The van der Waals surface area contributed by atoms with Gasteiger partial charge in [-0.25, -0.2) is 4.79 Å². The summed E-state index contributed by atoms with van der Waals surface area (Å²) in [5, 5.41) is 27.3. The molecule has 14 nitrogen and oxygen atoms in total. The average Bonchev–Trinajstić information content (AvgIpc) is 3.84. The van der Waals surface area contributed by atoms with Crippen LogP contribution in [0.25, 0.3) is 10.9 Å². The van der Waals surface area contributed by atoms with Crippen molar-refractivity contribution in [1.29, 1.82) is 5.26 Å². The number of phenolic OH excluding ortho intramolecular Hbond substituents is 1. The van der Waals surface area contributed by atoms with Crippen molar-refractivity contribution in [3.05, 3.63) is 68.9 Å². The first-order chi connectivity index (χ1) is 27.5. The molecule has 8 heterocycles. The molecule has 11 rings (SSSR count). The van der Waals surface area contributed by atoms with E-state index in [1.807, 2.05) is 39.1 Å². The number of nitrogens with zero attached hydrogens (tertiary/aromatic N) is 3. The lowest BCUT2D eigenvalue weighted by Gasteiger charge is -2.62. The number of nitrogens with one attached hydrogen (secondary N) is 2. The quantitative estimate of drug-likeness (QED) is 0.192. The zero-order valence-corrected chi connectivity index (χ0v) is 33.3. The summed E-state index contributed by atoms with van der Waals surface area (Å²) in [6.45, 7) is 5.48. The fraction of sp³-hybridized carbons (Fsp3) is 0.452. The van der Waals surface area contributed by atoms with Gasteiger partial charge in [0.15, 0.2) is 28.5 Å². The van der Waals surface area contributed by atoms with Crippen LogP contribution in [0.15, 0.2) is 24.3 Å². The second kappa shape index (κ2) is 12.9. The molecule has 296 valence electrons. The number of rotatable bonds is 3. The molecule has 2 fully saturated rings. The van der Waals surface area contributed by atoms with Gasteiger partial charge in [-0.2, -0.15) is 5.26 Å². The summed E-state index contributed by atoms with van der Waals surface area (Å²) in [4.78, 5) is 35.9. The standard InChI is InChI=1S/C42H43N5O9S/c1-18-11-21-12-26-27(14-43)47-28-15-53-41(50)42(40-23(9-10-44-42)24-13-22(51-5)7-8-25(24)45-40)16-57-39(33(47)32(46(26)4)29(21)34(49)35(18)52-6)31-30(28)38-37(54-17-55-38)19(2)36(31)56-20(3)48/h7-8,11,13,26-28,32-33,39,44-45,49H,9-10,12,15-17H2,1-6H3/t26-,27-,28-,32+,33+,39+,42+/m0/s1. The number of aromatic amines is 1. The largest absolute Gasteiger partial charge is 0.504 e. The van der Waals surface area contributed by atoms with Crippen LogP contribution >= 0.6 is 11.8 Å². The first-order valence-electron chi connectivity index (χ1n) is 19.2. The number of esters is 2. The molecule has 4 aromatic rings. The molecule has 4 bridgehead atoms. The number of H-pyrrole nitrogens is 1. The van der Waals surface area contributed by atoms with Crippen LogP contribution < -0.4 is 29.0 Å². The first-order valence-corrected chi connectivity index (χ1v) is 20.2. The highest BCUT2D eigenvalue weighted by molar-refractivity contribution is 7.99. The number of carbonyl (C=O) groups is 2. The second-order valence-electron chi connectivity index (χ2n) is 15.8. The third-order valence-electron chi connectivity index (χ3n) is 13.1. The van der Waals surface area contributed by atoms with Crippen molar-refractivity contribution >= 4 is 34.6 Å². The summed E-state index contributed by atoms with van der Waals surface area (Å²) in [7, 11) is 5.20. The third kappa shape index (κ3) is 4.87. The Balaban J connectivity index is 1.24. The number of hydrogen-bond acceptors (Lipinski definition) is 14. The van der Waals surface area contributed by atoms with Gasteiger partial charge in [-0.3, -0.25) is 19.9 Å². The molecular formula is C42H43N5O9S. The van der Waals surface area contributed by atoms with Crippen molar-refractivity contribution in [2.75, 3.05) is 47.0 Å². The lowest BCUT2D eigenvalue weighted by molar-refractivity contribution is -0.157. The number of aromatic nitrogens is 1. The Kier molecular flexibility index (Phi) is 8.22. The maximum absolute atomic E-state index is 14.9. The van der Waals surface area contributed by atoms with E-state index >= 15 is 0 Å². The molecule has 15 heteroatoms. The van der Waals surface area contributed by atoms with Crippen LogP contribution in [0.1, 0.15) is 68.9 Å². The number of fused-ring (bicyclic) bond motifs is 11. The van der Waals surface area contributed by atoms with Crippen LogP contribution in [0.3, 0.4) is 0 Å². The molecule has 7 aliphatic heterocycles. The Bertz CT molecular complexity index is 2460. The molecule has 1 aromatic heterocycles. The monoisotopic (exact) mass is 793 g/mol. The predicted octanol–water partition coefficient (Wildman–Crippen LogP) is 4.76. The van der Waals surface area contributed by atoms with E-state index in [1.165, 1.54) is 18.7 Å². The van der Waals surface area contributed by atoms with Gasteiger partial charge in [0, 0.05) is 64.5 Å². The number of benzene rings is 3. The van der Waals surface area contributed by atoms with Crippen molar-refractivity contribution < 1.29 is 43.1 Å². The zero-order valence-electron chi connectivity index (χ0n) is 32.5. The maximum Gasteiger partial charge on any atom is 0.333 e. The van der Waals surface area contributed by atoms with Gasteiger partial charge < -0.3 is 38.5 Å². The molecule has 0 aliphatic carbocycles. The number of carbonyl (C=O) groups excluding carboxylic acids is 2. The number of aromatic hydroxyl groups is 1. The van der Waals surface area contributed by atoms with Gasteiger partial charge in [-0.1, -0.05) is 6.07 Å². The zero-order chi connectivity index (χ0) is 39.7. The molecule has 7 aliphatic rings. The fourth-order valence-electron chi connectivity index (χ4n) is 10.8. The number of nitriles is 1. The molecule has 7 atom stereocenters. The Morgan fingerprint density at radius 3 is 2.65 bits per heavy atom. The third-order valence-corrected chi connectivity index (χ3v) is 14.6. The van der Waals surface area contributed by atoms with E-state index < -0.39 is 46.9 Å². The van der Waals surface area contributed by atoms with Crippen LogP contribution in [0.4, 0.5) is 0 Å². The lowest BCUT2D eigenvalue weighted by Crippen LogP contribution is -2.69. The average molecular weight is 794 g/mol. The first kappa shape index (κ1) is 36.2. The van der Waals surface area contributed by atoms with E-state index in [1.54, 1.807) is 14.2 Å². The van der Waals surface area contributed by atoms with Crippen molar-refractivity contribution in [3.8, 4) is 40.6 Å². The molecule has 0 amide bonds. The van der Waals surface area contributed by atoms with Crippen LogP contribution in [-0.4, -0.2) is 96.9 Å². The van der Waals surface area contributed by atoms with Crippen LogP contribution in [0, 0.1) is 25.2 Å². The van der Waals surface area contributed by atoms with Gasteiger partial charge >= 0.3 is 11.9 Å². The number of likely N-dealkylation sites (N-methyl/N-ethyl adjacent to an activating group) is 1. The Labute approximate surface area is 333 Å². The summed E-state index contributed by atoms with van der Waals surface area (Å²) in [5.74, 6) is 1.76. The molecule has 0 saturated carbocycles. The van der Waals surface area contributed by atoms with Gasteiger partial charge in [0.2, 0.25) is 6.79 Å². The topological polar surface area (TPSA) is 168 Å². The van der Waals surface area contributed by atoms with E-state index in [9.17, 15) is 20.0 Å². The summed E-state index contributed by atoms with van der Waals surface area (Å²) >= 11 is 1.54. The van der Waals surface area contributed by atoms with Crippen LogP contribution in [0.2, 0.25) is 0 Å². The SMILES string of the molecule is COc1ccc2[nH]c3c(c2c1)CCN[C@]31CS[C@@H]2c3c(OC(C)=O)c(C)c4c(c3[C@H](COC1=O)N1[C@@H]2[C@H]2c3c(cc(C)c(OC)c3O)C[C@@H]([C@@H]1C#N)N2C)OCO4. The van der Waals surface area contributed by atoms with Crippen molar-refractivity contribution in [3.63, 3.8) is 0 Å². The minimum atomic E-state index is -1.29. The van der Waals surface area contributed by atoms with E-state index in [2.05, 4.69) is 32.2 Å². The molecule has 1 spiro atoms. The van der Waals surface area contributed by atoms with Gasteiger partial charge in [0.1, 0.15) is 24.1 Å². The minimum absolute atomic E-state index is 0.0447. The fourth-order valence-corrected chi connectivity index (χ4v) is 12.4. The van der Waals surface area contributed by atoms with Gasteiger partial charge in [0.25, 0.3) is 0 Å².